The van der Waals surface area contributed by atoms with E-state index in [1.165, 1.54) is 47.4 Å². The Labute approximate surface area is 225 Å². The van der Waals surface area contributed by atoms with Crippen LogP contribution in [0.5, 0.6) is 5.75 Å². The molecule has 12 heteroatoms. The van der Waals surface area contributed by atoms with Gasteiger partial charge in [-0.3, -0.25) is 4.79 Å². The smallest absolute Gasteiger partial charge is 0.420 e. The van der Waals surface area contributed by atoms with Gasteiger partial charge < -0.3 is 14.7 Å². The first kappa shape index (κ1) is 29.1. The summed E-state index contributed by atoms with van der Waals surface area (Å²) in [6.45, 7) is 4.82. The molecule has 2 aromatic rings. The van der Waals surface area contributed by atoms with Crippen LogP contribution in [-0.4, -0.2) is 49.5 Å². The van der Waals surface area contributed by atoms with Crippen molar-refractivity contribution in [1.82, 2.24) is 4.31 Å². The van der Waals surface area contributed by atoms with E-state index >= 15 is 0 Å². The number of rotatable bonds is 7. The van der Waals surface area contributed by atoms with Crippen molar-refractivity contribution < 1.29 is 40.6 Å². The van der Waals surface area contributed by atoms with Crippen molar-refractivity contribution in [1.29, 1.82) is 0 Å². The van der Waals surface area contributed by atoms with Gasteiger partial charge in [-0.25, -0.2) is 12.8 Å². The molecule has 0 saturated heterocycles. The normalized spacial score (nSPS) is 20.6. The molecule has 1 aliphatic carbocycles. The molecule has 39 heavy (non-hydrogen) atoms. The summed E-state index contributed by atoms with van der Waals surface area (Å²) in [6.07, 6.45) is -2.26. The zero-order valence-corrected chi connectivity index (χ0v) is 23.0. The summed E-state index contributed by atoms with van der Waals surface area (Å²) >= 11 is 0. The molecule has 214 valence electrons. The fraction of sp³-hybridized carbons (Fsp3) is 0.519. The van der Waals surface area contributed by atoms with Gasteiger partial charge in [-0.05, 0) is 55.5 Å². The topological polar surface area (TPSA) is 87.1 Å². The maximum atomic E-state index is 14.3. The van der Waals surface area contributed by atoms with Crippen molar-refractivity contribution in [2.24, 2.45) is 11.3 Å². The number of fused-ring (bicyclic) bond motifs is 1. The number of likely N-dealkylation sites (N-methyl/N-ethyl adjacent to an activating group) is 1. The lowest BCUT2D eigenvalue weighted by Crippen LogP contribution is -2.65. The minimum atomic E-state index is -4.93. The molecule has 1 spiro atoms. The predicted molar refractivity (Wildman–Crippen MR) is 137 cm³/mol. The van der Waals surface area contributed by atoms with Crippen LogP contribution >= 0.6 is 0 Å². The quantitative estimate of drug-likeness (QED) is 0.406. The summed E-state index contributed by atoms with van der Waals surface area (Å²) < 4.78 is 91.1. The molecule has 0 amide bonds. The van der Waals surface area contributed by atoms with Crippen molar-refractivity contribution in [3.05, 3.63) is 47.8 Å². The monoisotopic (exact) mass is 572 g/mol. The average molecular weight is 573 g/mol. The van der Waals surface area contributed by atoms with Gasteiger partial charge in [0.1, 0.15) is 23.1 Å². The highest BCUT2D eigenvalue weighted by Crippen LogP contribution is 2.59. The lowest BCUT2D eigenvalue weighted by atomic mass is 9.54. The number of ether oxygens (including phenoxy) is 1. The SMILES string of the molecule is CCC1(CC)CC2(CN(c3ccc(F)cc3)c3cc(C(F)(F)F)c(OCC(C)C(=O)O)cc3S(=O)(=O)N2C)C1. The highest BCUT2D eigenvalue weighted by atomic mass is 32.2. The molecule has 1 fully saturated rings. The van der Waals surface area contributed by atoms with Gasteiger partial charge in [-0.2, -0.15) is 17.5 Å². The van der Waals surface area contributed by atoms with Crippen LogP contribution in [0, 0.1) is 17.2 Å². The third kappa shape index (κ3) is 5.08. The first-order chi connectivity index (χ1) is 18.1. The number of carboxylic acid groups (broad SMARTS) is 1. The van der Waals surface area contributed by atoms with E-state index in [4.69, 9.17) is 9.84 Å². The van der Waals surface area contributed by atoms with Crippen LogP contribution in [0.3, 0.4) is 0 Å². The number of alkyl halides is 3. The molecule has 2 aliphatic rings. The number of nitrogens with zero attached hydrogens (tertiary/aromatic N) is 2. The fourth-order valence-electron chi connectivity index (χ4n) is 5.76. The fourth-order valence-corrected chi connectivity index (χ4v) is 7.44. The van der Waals surface area contributed by atoms with Gasteiger partial charge in [0.2, 0.25) is 10.0 Å². The van der Waals surface area contributed by atoms with Gasteiger partial charge >= 0.3 is 12.1 Å². The van der Waals surface area contributed by atoms with E-state index in [0.29, 0.717) is 18.5 Å². The number of carbonyl (C=O) groups is 1. The summed E-state index contributed by atoms with van der Waals surface area (Å²) in [5.74, 6) is -3.71. The molecule has 0 bridgehead atoms. The molecule has 1 unspecified atom stereocenters. The predicted octanol–water partition coefficient (Wildman–Crippen LogP) is 6.06. The lowest BCUT2D eigenvalue weighted by molar-refractivity contribution is -0.142. The number of anilines is 2. The van der Waals surface area contributed by atoms with Gasteiger partial charge in [0.15, 0.2) is 0 Å². The Morgan fingerprint density at radius 1 is 1.13 bits per heavy atom. The number of sulfonamides is 1. The van der Waals surface area contributed by atoms with Gasteiger partial charge in [-0.1, -0.05) is 26.7 Å². The third-order valence-electron chi connectivity index (χ3n) is 8.37. The molecule has 1 saturated carbocycles. The van der Waals surface area contributed by atoms with Crippen LogP contribution in [0.15, 0.2) is 41.3 Å². The minimum Gasteiger partial charge on any atom is -0.492 e. The van der Waals surface area contributed by atoms with Crippen molar-refractivity contribution >= 4 is 27.4 Å². The second kappa shape index (κ2) is 9.96. The minimum absolute atomic E-state index is 0.0661. The maximum absolute atomic E-state index is 14.3. The third-order valence-corrected chi connectivity index (χ3v) is 10.4. The van der Waals surface area contributed by atoms with Crippen molar-refractivity contribution in [3.63, 3.8) is 0 Å². The Morgan fingerprint density at radius 2 is 1.72 bits per heavy atom. The van der Waals surface area contributed by atoms with E-state index < -0.39 is 62.3 Å². The van der Waals surface area contributed by atoms with Crippen molar-refractivity contribution in [3.8, 4) is 5.75 Å². The van der Waals surface area contributed by atoms with E-state index in [0.717, 1.165) is 25.0 Å². The summed E-state index contributed by atoms with van der Waals surface area (Å²) in [5.41, 5.74) is -2.11. The Balaban J connectivity index is 1.94. The first-order valence-electron chi connectivity index (χ1n) is 12.7. The van der Waals surface area contributed by atoms with Crippen LogP contribution in [0.2, 0.25) is 0 Å². The number of hydrogen-bond donors (Lipinski definition) is 1. The molecule has 7 nitrogen and oxygen atoms in total. The largest absolute Gasteiger partial charge is 0.492 e. The Bertz CT molecular complexity index is 1350. The van der Waals surface area contributed by atoms with Crippen LogP contribution in [0.1, 0.15) is 52.0 Å². The van der Waals surface area contributed by atoms with E-state index in [9.17, 15) is 30.8 Å². The van der Waals surface area contributed by atoms with Crippen LogP contribution < -0.4 is 9.64 Å². The Kier molecular flexibility index (Phi) is 7.44. The van der Waals surface area contributed by atoms with Gasteiger partial charge in [-0.15, -0.1) is 0 Å². The Morgan fingerprint density at radius 3 is 2.23 bits per heavy atom. The zero-order chi connectivity index (χ0) is 29.0. The summed E-state index contributed by atoms with van der Waals surface area (Å²) in [5, 5.41) is 9.15. The van der Waals surface area contributed by atoms with Crippen LogP contribution in [0.4, 0.5) is 28.9 Å². The van der Waals surface area contributed by atoms with Gasteiger partial charge in [0, 0.05) is 25.3 Å². The van der Waals surface area contributed by atoms with Gasteiger partial charge in [0.05, 0.1) is 22.7 Å². The highest BCUT2D eigenvalue weighted by Gasteiger charge is 2.60. The van der Waals surface area contributed by atoms with Crippen molar-refractivity contribution in [2.75, 3.05) is 25.1 Å². The number of halogens is 4. The number of benzene rings is 2. The molecule has 1 aliphatic heterocycles. The molecule has 0 aromatic heterocycles. The molecule has 1 N–H and O–H groups in total. The first-order valence-corrected chi connectivity index (χ1v) is 14.2. The number of aliphatic carboxylic acids is 1. The van der Waals surface area contributed by atoms with E-state index in [1.54, 1.807) is 0 Å². The number of carboxylic acids is 1. The molecule has 2 aromatic carbocycles. The number of hydrogen-bond acceptors (Lipinski definition) is 5. The maximum Gasteiger partial charge on any atom is 0.420 e. The second-order valence-corrected chi connectivity index (χ2v) is 12.6. The standard InChI is InChI=1S/C27H32F4N2O5S/c1-5-25(6-2)14-26(15-25)16-33(19-9-7-18(28)8-10-19)21-11-20(27(29,30)31)22(38-13-17(3)24(34)35)12-23(21)39(36,37)32(26)4/h7-12,17H,5-6,13-16H2,1-4H3,(H,34,35). The molecular formula is C27H32F4N2O5S. The van der Waals surface area contributed by atoms with Gasteiger partial charge in [0.25, 0.3) is 0 Å². The van der Waals surface area contributed by atoms with E-state index in [-0.39, 0.29) is 17.6 Å². The van der Waals surface area contributed by atoms with Crippen LogP contribution in [0.25, 0.3) is 0 Å². The Hall–Kier alpha value is -2.86. The summed E-state index contributed by atoms with van der Waals surface area (Å²) in [7, 11) is -2.89. The summed E-state index contributed by atoms with van der Waals surface area (Å²) in [4.78, 5) is 12.3. The molecule has 0 radical (unpaired) electrons. The van der Waals surface area contributed by atoms with Crippen molar-refractivity contribution in [2.45, 2.75) is 63.1 Å². The average Bonchev–Trinajstić information content (AvgIpc) is 2.92. The summed E-state index contributed by atoms with van der Waals surface area (Å²) in [6, 6.07) is 6.72. The van der Waals surface area contributed by atoms with E-state index in [1.807, 2.05) is 13.8 Å². The van der Waals surface area contributed by atoms with Crippen LogP contribution in [-0.2, 0) is 21.0 Å². The highest BCUT2D eigenvalue weighted by molar-refractivity contribution is 7.89. The molecule has 4 rings (SSSR count). The second-order valence-electron chi connectivity index (χ2n) is 10.7. The molecule has 1 atom stereocenters. The molecule has 1 heterocycles. The molecular weight excluding hydrogens is 540 g/mol. The zero-order valence-electron chi connectivity index (χ0n) is 22.2. The van der Waals surface area contributed by atoms with E-state index in [2.05, 4.69) is 0 Å². The lowest BCUT2D eigenvalue weighted by Gasteiger charge is -2.59.